The lowest BCUT2D eigenvalue weighted by Crippen LogP contribution is -2.29. The van der Waals surface area contributed by atoms with Crippen LogP contribution in [0.15, 0.2) is 24.3 Å². The van der Waals surface area contributed by atoms with E-state index in [1.54, 1.807) is 25.1 Å². The molecule has 0 aliphatic heterocycles. The number of benzene rings is 1. The maximum absolute atomic E-state index is 11.7. The van der Waals surface area contributed by atoms with Crippen LogP contribution in [0.3, 0.4) is 0 Å². The molecule has 0 heterocycles. The number of sulfonamides is 1. The first-order valence-electron chi connectivity index (χ1n) is 5.08. The molecule has 0 aromatic heterocycles. The van der Waals surface area contributed by atoms with Gasteiger partial charge in [0, 0.05) is 7.05 Å². The Labute approximate surface area is 101 Å². The van der Waals surface area contributed by atoms with Crippen molar-refractivity contribution in [3.05, 3.63) is 29.8 Å². The number of anilines is 1. The molecule has 0 aliphatic carbocycles. The fraction of sp³-hybridized carbons (Fsp3) is 0.364. The van der Waals surface area contributed by atoms with Crippen molar-refractivity contribution in [3.8, 4) is 0 Å². The molecule has 0 aliphatic rings. The van der Waals surface area contributed by atoms with Gasteiger partial charge in [0.15, 0.2) is 0 Å². The minimum absolute atomic E-state index is 0.0288. The predicted octanol–water partition coefficient (Wildman–Crippen LogP) is 1.26. The topological polar surface area (TPSA) is 63.7 Å². The Morgan fingerprint density at radius 2 is 1.94 bits per heavy atom. The number of methoxy groups -OCH3 is 1. The Kier molecular flexibility index (Phi) is 4.11. The van der Waals surface area contributed by atoms with Crippen molar-refractivity contribution in [2.45, 2.75) is 6.92 Å². The average molecular weight is 257 g/mol. The second-order valence-electron chi connectivity index (χ2n) is 3.38. The zero-order valence-electron chi connectivity index (χ0n) is 10.0. The van der Waals surface area contributed by atoms with E-state index in [9.17, 15) is 13.2 Å². The molecule has 0 bridgehead atoms. The summed E-state index contributed by atoms with van der Waals surface area (Å²) in [5.74, 6) is -0.585. The Morgan fingerprint density at radius 1 is 1.35 bits per heavy atom. The van der Waals surface area contributed by atoms with Crippen LogP contribution in [0, 0.1) is 0 Å². The third-order valence-corrected chi connectivity index (χ3v) is 4.19. The van der Waals surface area contributed by atoms with E-state index in [4.69, 9.17) is 0 Å². The molecule has 94 valence electrons. The van der Waals surface area contributed by atoms with Gasteiger partial charge in [-0.15, -0.1) is 0 Å². The van der Waals surface area contributed by atoms with E-state index in [1.807, 2.05) is 0 Å². The molecule has 0 amide bonds. The van der Waals surface area contributed by atoms with Crippen molar-refractivity contribution in [1.82, 2.24) is 0 Å². The van der Waals surface area contributed by atoms with E-state index >= 15 is 0 Å². The first kappa shape index (κ1) is 13.5. The largest absolute Gasteiger partial charge is 0.465 e. The first-order chi connectivity index (χ1) is 7.94. The SMILES string of the molecule is CCS(=O)(=O)N(C)c1ccccc1C(=O)OC. The first-order valence-corrected chi connectivity index (χ1v) is 6.69. The fourth-order valence-electron chi connectivity index (χ4n) is 1.37. The molecule has 0 N–H and O–H groups in total. The number of rotatable bonds is 4. The second kappa shape index (κ2) is 5.18. The molecule has 1 rings (SSSR count). The van der Waals surface area contributed by atoms with Crippen LogP contribution in [0.2, 0.25) is 0 Å². The van der Waals surface area contributed by atoms with Crippen molar-refractivity contribution < 1.29 is 17.9 Å². The minimum atomic E-state index is -3.39. The number of carbonyl (C=O) groups excluding carboxylic acids is 1. The standard InChI is InChI=1S/C11H15NO4S/c1-4-17(14,15)12(2)10-8-6-5-7-9(10)11(13)16-3/h5-8H,4H2,1-3H3. The quantitative estimate of drug-likeness (QED) is 0.762. The molecule has 0 atom stereocenters. The number of para-hydroxylation sites is 1. The molecule has 0 fully saturated rings. The van der Waals surface area contributed by atoms with E-state index < -0.39 is 16.0 Å². The third kappa shape index (κ3) is 2.76. The average Bonchev–Trinajstić information content (AvgIpc) is 2.36. The van der Waals surface area contributed by atoms with Crippen LogP contribution in [0.1, 0.15) is 17.3 Å². The molecular formula is C11H15NO4S. The Bertz CT molecular complexity index is 510. The van der Waals surface area contributed by atoms with Gasteiger partial charge in [-0.05, 0) is 19.1 Å². The van der Waals surface area contributed by atoms with Gasteiger partial charge in [0.25, 0.3) is 0 Å². The summed E-state index contributed by atoms with van der Waals surface area (Å²) in [7, 11) is -0.715. The number of carbonyl (C=O) groups is 1. The van der Waals surface area contributed by atoms with Gasteiger partial charge >= 0.3 is 5.97 Å². The maximum atomic E-state index is 11.7. The highest BCUT2D eigenvalue weighted by Crippen LogP contribution is 2.22. The number of nitrogens with zero attached hydrogens (tertiary/aromatic N) is 1. The predicted molar refractivity (Wildman–Crippen MR) is 65.6 cm³/mol. The number of hydrogen-bond donors (Lipinski definition) is 0. The summed E-state index contributed by atoms with van der Waals surface area (Å²) in [6.45, 7) is 1.55. The van der Waals surface area contributed by atoms with E-state index in [0.29, 0.717) is 5.69 Å². The second-order valence-corrected chi connectivity index (χ2v) is 5.67. The molecule has 17 heavy (non-hydrogen) atoms. The number of ether oxygens (including phenoxy) is 1. The molecule has 0 saturated heterocycles. The van der Waals surface area contributed by atoms with Gasteiger partial charge in [-0.25, -0.2) is 13.2 Å². The number of hydrogen-bond acceptors (Lipinski definition) is 4. The molecule has 1 aromatic rings. The van der Waals surface area contributed by atoms with E-state index in [-0.39, 0.29) is 11.3 Å². The van der Waals surface area contributed by atoms with E-state index in [1.165, 1.54) is 20.2 Å². The summed E-state index contributed by atoms with van der Waals surface area (Å²) < 4.78 is 29.2. The number of esters is 1. The minimum Gasteiger partial charge on any atom is -0.465 e. The molecule has 0 spiro atoms. The van der Waals surface area contributed by atoms with Gasteiger partial charge in [0.05, 0.1) is 24.1 Å². The normalized spacial score (nSPS) is 11.0. The van der Waals surface area contributed by atoms with E-state index in [2.05, 4.69) is 4.74 Å². The van der Waals surface area contributed by atoms with E-state index in [0.717, 1.165) is 4.31 Å². The Balaban J connectivity index is 3.28. The van der Waals surface area contributed by atoms with Crippen LogP contribution >= 0.6 is 0 Å². The van der Waals surface area contributed by atoms with Gasteiger partial charge in [-0.1, -0.05) is 12.1 Å². The highest BCUT2D eigenvalue weighted by atomic mass is 32.2. The molecule has 1 aromatic carbocycles. The molecule has 5 nitrogen and oxygen atoms in total. The fourth-order valence-corrected chi connectivity index (χ4v) is 2.22. The highest BCUT2D eigenvalue weighted by Gasteiger charge is 2.21. The summed E-state index contributed by atoms with van der Waals surface area (Å²) in [6.07, 6.45) is 0. The molecule has 0 unspecified atom stereocenters. The maximum Gasteiger partial charge on any atom is 0.340 e. The van der Waals surface area contributed by atoms with Gasteiger partial charge in [0.1, 0.15) is 0 Å². The Morgan fingerprint density at radius 3 is 2.47 bits per heavy atom. The Hall–Kier alpha value is -1.56. The lowest BCUT2D eigenvalue weighted by molar-refractivity contribution is 0.0601. The summed E-state index contributed by atoms with van der Waals surface area (Å²) in [5.41, 5.74) is 0.552. The van der Waals surface area contributed by atoms with Crippen molar-refractivity contribution in [1.29, 1.82) is 0 Å². The zero-order chi connectivity index (χ0) is 13.1. The van der Waals surface area contributed by atoms with Crippen molar-refractivity contribution in [2.24, 2.45) is 0 Å². The van der Waals surface area contributed by atoms with Crippen LogP contribution < -0.4 is 4.31 Å². The van der Waals surface area contributed by atoms with Gasteiger partial charge in [-0.2, -0.15) is 0 Å². The summed E-state index contributed by atoms with van der Waals surface area (Å²) in [6, 6.07) is 6.42. The van der Waals surface area contributed by atoms with Gasteiger partial charge < -0.3 is 4.74 Å². The van der Waals surface area contributed by atoms with Gasteiger partial charge in [-0.3, -0.25) is 4.31 Å². The van der Waals surface area contributed by atoms with Crippen LogP contribution in [-0.2, 0) is 14.8 Å². The van der Waals surface area contributed by atoms with Crippen LogP contribution in [0.4, 0.5) is 5.69 Å². The monoisotopic (exact) mass is 257 g/mol. The summed E-state index contributed by atoms with van der Waals surface area (Å²) in [4.78, 5) is 11.5. The van der Waals surface area contributed by atoms with Crippen molar-refractivity contribution in [3.63, 3.8) is 0 Å². The van der Waals surface area contributed by atoms with Crippen molar-refractivity contribution >= 4 is 21.7 Å². The van der Waals surface area contributed by atoms with Crippen LogP contribution in [0.25, 0.3) is 0 Å². The molecule has 6 heteroatoms. The highest BCUT2D eigenvalue weighted by molar-refractivity contribution is 7.92. The van der Waals surface area contributed by atoms with Gasteiger partial charge in [0.2, 0.25) is 10.0 Å². The lowest BCUT2D eigenvalue weighted by atomic mass is 10.2. The molecule has 0 saturated carbocycles. The third-order valence-electron chi connectivity index (χ3n) is 2.43. The summed E-state index contributed by atoms with van der Waals surface area (Å²) >= 11 is 0. The summed E-state index contributed by atoms with van der Waals surface area (Å²) in [5, 5.41) is 0. The zero-order valence-corrected chi connectivity index (χ0v) is 10.8. The molecule has 0 radical (unpaired) electrons. The smallest absolute Gasteiger partial charge is 0.340 e. The van der Waals surface area contributed by atoms with Crippen LogP contribution in [-0.4, -0.2) is 34.3 Å². The molecular weight excluding hydrogens is 242 g/mol. The van der Waals surface area contributed by atoms with Crippen LogP contribution in [0.5, 0.6) is 0 Å². The van der Waals surface area contributed by atoms with Crippen molar-refractivity contribution in [2.75, 3.05) is 24.2 Å². The lowest BCUT2D eigenvalue weighted by Gasteiger charge is -2.20.